The van der Waals surface area contributed by atoms with E-state index in [2.05, 4.69) is 9.72 Å². The number of benzene rings is 2. The van der Waals surface area contributed by atoms with Crippen molar-refractivity contribution in [1.82, 2.24) is 4.98 Å². The molecule has 0 unspecified atom stereocenters. The van der Waals surface area contributed by atoms with Gasteiger partial charge in [0.2, 0.25) is 0 Å². The van der Waals surface area contributed by atoms with Gasteiger partial charge in [-0.15, -0.1) is 0 Å². The first-order chi connectivity index (χ1) is 12.3. The minimum atomic E-state index is -0.359. The van der Waals surface area contributed by atoms with Gasteiger partial charge in [0.15, 0.2) is 11.7 Å². The predicted octanol–water partition coefficient (Wildman–Crippen LogP) is 4.67. The van der Waals surface area contributed by atoms with Crippen LogP contribution in [0.15, 0.2) is 77.2 Å². The molecule has 0 atom stereocenters. The molecule has 0 saturated carbocycles. The Morgan fingerprint density at radius 1 is 1.04 bits per heavy atom. The zero-order chi connectivity index (χ0) is 17.5. The minimum absolute atomic E-state index is 0.359. The summed E-state index contributed by atoms with van der Waals surface area (Å²) >= 11 is 0. The van der Waals surface area contributed by atoms with Crippen molar-refractivity contribution in [2.45, 2.75) is 12.8 Å². The third kappa shape index (κ3) is 4.23. The lowest BCUT2D eigenvalue weighted by atomic mass is 10.1. The average Bonchev–Trinajstić information content (AvgIpc) is 3.10. The number of carbonyl (C=O) groups excluding carboxylic acids is 1. The lowest BCUT2D eigenvalue weighted by Gasteiger charge is -2.00. The molecule has 3 aromatic rings. The van der Waals surface area contributed by atoms with Gasteiger partial charge in [-0.2, -0.15) is 0 Å². The topological polar surface area (TPSA) is 52.3 Å². The lowest BCUT2D eigenvalue weighted by Crippen LogP contribution is -1.93. The Bertz CT molecular complexity index is 794. The Kier molecular flexibility index (Phi) is 5.42. The van der Waals surface area contributed by atoms with Gasteiger partial charge >= 0.3 is 5.97 Å². The van der Waals surface area contributed by atoms with Crippen molar-refractivity contribution < 1.29 is 13.9 Å². The highest BCUT2D eigenvalue weighted by Crippen LogP contribution is 2.32. The number of hydrogen-bond donors (Lipinski definition) is 0. The highest BCUT2D eigenvalue weighted by molar-refractivity contribution is 5.81. The molecule has 1 aromatic heterocycles. The number of methoxy groups -OCH3 is 1. The fourth-order valence-corrected chi connectivity index (χ4v) is 2.50. The molecule has 0 spiro atoms. The van der Waals surface area contributed by atoms with E-state index in [1.807, 2.05) is 60.7 Å². The molecule has 3 rings (SSSR count). The summed E-state index contributed by atoms with van der Waals surface area (Å²) in [6, 6.07) is 19.9. The van der Waals surface area contributed by atoms with Crippen molar-refractivity contribution in [3.63, 3.8) is 0 Å². The van der Waals surface area contributed by atoms with Crippen molar-refractivity contribution in [2.75, 3.05) is 7.11 Å². The van der Waals surface area contributed by atoms with Crippen molar-refractivity contribution in [3.8, 4) is 22.6 Å². The van der Waals surface area contributed by atoms with Crippen LogP contribution >= 0.6 is 0 Å². The predicted molar refractivity (Wildman–Crippen MR) is 96.9 cm³/mol. The fourth-order valence-electron chi connectivity index (χ4n) is 2.50. The van der Waals surface area contributed by atoms with Crippen LogP contribution in [0.3, 0.4) is 0 Å². The molecule has 25 heavy (non-hydrogen) atoms. The molecule has 126 valence electrons. The summed E-state index contributed by atoms with van der Waals surface area (Å²) in [6.45, 7) is 0. The van der Waals surface area contributed by atoms with Gasteiger partial charge in [0.25, 0.3) is 0 Å². The summed E-state index contributed by atoms with van der Waals surface area (Å²) in [5, 5.41) is 0. The molecule has 0 saturated heterocycles. The molecule has 4 heteroatoms. The first-order valence-corrected chi connectivity index (χ1v) is 8.13. The lowest BCUT2D eigenvalue weighted by molar-refractivity contribution is -0.134. The molecule has 0 aliphatic heterocycles. The van der Waals surface area contributed by atoms with Crippen LogP contribution in [0, 0.1) is 0 Å². The second kappa shape index (κ2) is 8.11. The van der Waals surface area contributed by atoms with E-state index in [1.54, 1.807) is 6.08 Å². The Morgan fingerprint density at radius 3 is 2.32 bits per heavy atom. The zero-order valence-corrected chi connectivity index (χ0v) is 14.0. The Morgan fingerprint density at radius 2 is 1.68 bits per heavy atom. The van der Waals surface area contributed by atoms with E-state index in [-0.39, 0.29) is 5.97 Å². The standard InChI is InChI=1S/C21H19NO3/c1-24-19(23)15-9-8-14-18-22-20(16-10-4-2-5-11-16)21(25-18)17-12-6-3-7-13-17/h2-7,9-13,15H,8,14H2,1H3. The number of esters is 1. The molecule has 0 aliphatic rings. The maximum Gasteiger partial charge on any atom is 0.330 e. The van der Waals surface area contributed by atoms with E-state index in [4.69, 9.17) is 4.42 Å². The first-order valence-electron chi connectivity index (χ1n) is 8.13. The largest absolute Gasteiger partial charge is 0.466 e. The summed E-state index contributed by atoms with van der Waals surface area (Å²) < 4.78 is 10.6. The van der Waals surface area contributed by atoms with Gasteiger partial charge < -0.3 is 9.15 Å². The van der Waals surface area contributed by atoms with Gasteiger partial charge in [-0.3, -0.25) is 0 Å². The van der Waals surface area contributed by atoms with Crippen LogP contribution in [0.1, 0.15) is 12.3 Å². The number of aryl methyl sites for hydroxylation is 1. The summed E-state index contributed by atoms with van der Waals surface area (Å²) in [5.41, 5.74) is 2.84. The van der Waals surface area contributed by atoms with Crippen LogP contribution < -0.4 is 0 Å². The SMILES string of the molecule is COC(=O)C=CCCc1nc(-c2ccccc2)c(-c2ccccc2)o1. The summed E-state index contributed by atoms with van der Waals surface area (Å²) in [5.74, 6) is 1.05. The number of oxazole rings is 1. The van der Waals surface area contributed by atoms with Gasteiger partial charge in [-0.05, 0) is 6.42 Å². The van der Waals surface area contributed by atoms with E-state index in [0.29, 0.717) is 18.7 Å². The zero-order valence-electron chi connectivity index (χ0n) is 14.0. The third-order valence-electron chi connectivity index (χ3n) is 3.73. The van der Waals surface area contributed by atoms with Crippen LogP contribution in [0.2, 0.25) is 0 Å². The fraction of sp³-hybridized carbons (Fsp3) is 0.143. The number of nitrogens with zero attached hydrogens (tertiary/aromatic N) is 1. The second-order valence-corrected chi connectivity index (χ2v) is 5.48. The molecule has 0 fully saturated rings. The molecule has 0 aliphatic carbocycles. The number of rotatable bonds is 6. The molecule has 1 heterocycles. The van der Waals surface area contributed by atoms with E-state index in [0.717, 1.165) is 22.6 Å². The van der Waals surface area contributed by atoms with Crippen LogP contribution in [0.25, 0.3) is 22.6 Å². The summed E-state index contributed by atoms with van der Waals surface area (Å²) in [4.78, 5) is 15.8. The van der Waals surface area contributed by atoms with E-state index in [9.17, 15) is 4.79 Å². The Balaban J connectivity index is 1.87. The average molecular weight is 333 g/mol. The van der Waals surface area contributed by atoms with Gasteiger partial charge in [0.1, 0.15) is 5.69 Å². The molecule has 0 bridgehead atoms. The monoisotopic (exact) mass is 333 g/mol. The van der Waals surface area contributed by atoms with Gasteiger partial charge in [-0.1, -0.05) is 66.7 Å². The quantitative estimate of drug-likeness (QED) is 0.486. The molecular formula is C21H19NO3. The maximum absolute atomic E-state index is 11.1. The van der Waals surface area contributed by atoms with E-state index < -0.39 is 0 Å². The highest BCUT2D eigenvalue weighted by atomic mass is 16.5. The molecule has 2 aromatic carbocycles. The first kappa shape index (κ1) is 16.7. The van der Waals surface area contributed by atoms with E-state index in [1.165, 1.54) is 13.2 Å². The molecule has 0 radical (unpaired) electrons. The molecule has 0 amide bonds. The maximum atomic E-state index is 11.1. The second-order valence-electron chi connectivity index (χ2n) is 5.48. The minimum Gasteiger partial charge on any atom is -0.466 e. The number of carbonyl (C=O) groups is 1. The molecule has 0 N–H and O–H groups in total. The number of ether oxygens (including phenoxy) is 1. The van der Waals surface area contributed by atoms with Gasteiger partial charge in [0.05, 0.1) is 7.11 Å². The van der Waals surface area contributed by atoms with Crippen LogP contribution in [0.4, 0.5) is 0 Å². The Hall–Kier alpha value is -3.14. The van der Waals surface area contributed by atoms with E-state index >= 15 is 0 Å². The highest BCUT2D eigenvalue weighted by Gasteiger charge is 2.16. The smallest absolute Gasteiger partial charge is 0.330 e. The van der Waals surface area contributed by atoms with Crippen LogP contribution in [0.5, 0.6) is 0 Å². The van der Waals surface area contributed by atoms with Crippen LogP contribution in [-0.2, 0) is 16.0 Å². The summed E-state index contributed by atoms with van der Waals surface area (Å²) in [7, 11) is 1.36. The van der Waals surface area contributed by atoms with Crippen molar-refractivity contribution in [1.29, 1.82) is 0 Å². The van der Waals surface area contributed by atoms with Crippen LogP contribution in [-0.4, -0.2) is 18.1 Å². The van der Waals surface area contributed by atoms with Gasteiger partial charge in [-0.25, -0.2) is 9.78 Å². The van der Waals surface area contributed by atoms with Gasteiger partial charge in [0, 0.05) is 23.6 Å². The van der Waals surface area contributed by atoms with Crippen molar-refractivity contribution in [3.05, 3.63) is 78.7 Å². The molecule has 4 nitrogen and oxygen atoms in total. The number of hydrogen-bond acceptors (Lipinski definition) is 4. The third-order valence-corrected chi connectivity index (χ3v) is 3.73. The summed E-state index contributed by atoms with van der Waals surface area (Å²) in [6.07, 6.45) is 4.44. The number of aromatic nitrogens is 1. The van der Waals surface area contributed by atoms with Crippen molar-refractivity contribution >= 4 is 5.97 Å². The number of allylic oxidation sites excluding steroid dienone is 1. The Labute approximate surface area is 146 Å². The molecular weight excluding hydrogens is 314 g/mol. The van der Waals surface area contributed by atoms with Crippen molar-refractivity contribution in [2.24, 2.45) is 0 Å². The normalized spacial score (nSPS) is 10.9.